The number of esters is 2. The summed E-state index contributed by atoms with van der Waals surface area (Å²) in [5.74, 6) is -0.952. The van der Waals surface area contributed by atoms with Crippen molar-refractivity contribution in [3.05, 3.63) is 70.8 Å². The maximum atomic E-state index is 12.3. The van der Waals surface area contributed by atoms with Crippen LogP contribution in [0.1, 0.15) is 51.3 Å². The van der Waals surface area contributed by atoms with Gasteiger partial charge in [0.25, 0.3) is 0 Å². The van der Waals surface area contributed by atoms with Gasteiger partial charge < -0.3 is 14.8 Å². The summed E-state index contributed by atoms with van der Waals surface area (Å²) in [5, 5.41) is 2.64. The van der Waals surface area contributed by atoms with Gasteiger partial charge in [0.05, 0.1) is 17.7 Å². The van der Waals surface area contributed by atoms with E-state index in [-0.39, 0.29) is 24.6 Å². The van der Waals surface area contributed by atoms with Gasteiger partial charge in [-0.15, -0.1) is 0 Å². The molecule has 1 amide bonds. The van der Waals surface area contributed by atoms with Crippen LogP contribution in [0.2, 0.25) is 0 Å². The third-order valence-electron chi connectivity index (χ3n) is 4.32. The Bertz CT molecular complexity index is 847. The molecular weight excluding hydrogens is 346 g/mol. The third-order valence-corrected chi connectivity index (χ3v) is 4.32. The lowest BCUT2D eigenvalue weighted by molar-refractivity contribution is -0.118. The standard InChI is InChI=1S/C21H21NO5/c1-14(23)22-10-5-11-26-20(24)16-8-9-18-17(12-16)13-19(27-21(18)25)15-6-3-2-4-7-15/h2-4,6-9,12,19H,5,10-11,13H2,1H3,(H,22,23). The molecule has 0 saturated heterocycles. The van der Waals surface area contributed by atoms with Crippen LogP contribution in [0.25, 0.3) is 0 Å². The molecule has 1 N–H and O–H groups in total. The number of ether oxygens (including phenoxy) is 2. The topological polar surface area (TPSA) is 81.7 Å². The lowest BCUT2D eigenvalue weighted by Gasteiger charge is -2.25. The number of amides is 1. The molecule has 27 heavy (non-hydrogen) atoms. The first-order valence-corrected chi connectivity index (χ1v) is 8.85. The molecule has 140 valence electrons. The second kappa shape index (κ2) is 8.49. The van der Waals surface area contributed by atoms with Crippen LogP contribution in [0.15, 0.2) is 48.5 Å². The summed E-state index contributed by atoms with van der Waals surface area (Å²) in [6.45, 7) is 2.11. The average molecular weight is 367 g/mol. The zero-order chi connectivity index (χ0) is 19.2. The normalized spacial score (nSPS) is 15.4. The lowest BCUT2D eigenvalue weighted by atomic mass is 9.93. The molecule has 1 atom stereocenters. The van der Waals surface area contributed by atoms with Gasteiger partial charge in [0.15, 0.2) is 0 Å². The average Bonchev–Trinajstić information content (AvgIpc) is 2.67. The van der Waals surface area contributed by atoms with E-state index in [2.05, 4.69) is 5.32 Å². The highest BCUT2D eigenvalue weighted by molar-refractivity contribution is 5.95. The number of fused-ring (bicyclic) bond motifs is 1. The van der Waals surface area contributed by atoms with Gasteiger partial charge >= 0.3 is 11.9 Å². The number of rotatable bonds is 6. The van der Waals surface area contributed by atoms with Gasteiger partial charge in [0.1, 0.15) is 6.10 Å². The maximum Gasteiger partial charge on any atom is 0.339 e. The predicted octanol–water partition coefficient (Wildman–Crippen LogP) is 2.82. The van der Waals surface area contributed by atoms with Crippen LogP contribution in [-0.2, 0) is 20.7 Å². The van der Waals surface area contributed by atoms with Crippen LogP contribution in [0, 0.1) is 0 Å². The number of nitrogens with one attached hydrogen (secondary N) is 1. The Balaban J connectivity index is 1.66. The van der Waals surface area contributed by atoms with Crippen molar-refractivity contribution in [1.29, 1.82) is 0 Å². The fourth-order valence-electron chi connectivity index (χ4n) is 2.96. The quantitative estimate of drug-likeness (QED) is 0.627. The Morgan fingerprint density at radius 1 is 1.19 bits per heavy atom. The van der Waals surface area contributed by atoms with E-state index in [1.807, 2.05) is 30.3 Å². The van der Waals surface area contributed by atoms with Gasteiger partial charge in [-0.1, -0.05) is 30.3 Å². The SMILES string of the molecule is CC(=O)NCCCOC(=O)c1ccc2c(c1)CC(c1ccccc1)OC2=O. The first-order valence-electron chi connectivity index (χ1n) is 8.85. The molecule has 0 aliphatic carbocycles. The molecule has 6 heteroatoms. The zero-order valence-corrected chi connectivity index (χ0v) is 15.1. The van der Waals surface area contributed by atoms with E-state index in [0.717, 1.165) is 11.1 Å². The van der Waals surface area contributed by atoms with E-state index >= 15 is 0 Å². The molecule has 0 spiro atoms. The monoisotopic (exact) mass is 367 g/mol. The van der Waals surface area contributed by atoms with E-state index in [1.165, 1.54) is 6.92 Å². The molecule has 0 aromatic heterocycles. The highest BCUT2D eigenvalue weighted by Crippen LogP contribution is 2.31. The zero-order valence-electron chi connectivity index (χ0n) is 15.1. The summed E-state index contributed by atoms with van der Waals surface area (Å²) in [6.07, 6.45) is 0.683. The Morgan fingerprint density at radius 2 is 1.96 bits per heavy atom. The number of carbonyl (C=O) groups is 3. The molecular formula is C21H21NO5. The molecule has 0 bridgehead atoms. The number of benzene rings is 2. The molecule has 2 aromatic carbocycles. The molecule has 6 nitrogen and oxygen atoms in total. The molecule has 1 unspecified atom stereocenters. The van der Waals surface area contributed by atoms with Crippen molar-refractivity contribution in [2.75, 3.05) is 13.2 Å². The van der Waals surface area contributed by atoms with Crippen molar-refractivity contribution in [3.63, 3.8) is 0 Å². The van der Waals surface area contributed by atoms with Crippen LogP contribution < -0.4 is 5.32 Å². The largest absolute Gasteiger partial charge is 0.462 e. The Morgan fingerprint density at radius 3 is 2.70 bits per heavy atom. The third kappa shape index (κ3) is 4.73. The van der Waals surface area contributed by atoms with E-state index in [1.54, 1.807) is 18.2 Å². The van der Waals surface area contributed by atoms with Crippen LogP contribution in [0.3, 0.4) is 0 Å². The minimum Gasteiger partial charge on any atom is -0.462 e. The maximum absolute atomic E-state index is 12.3. The first kappa shape index (κ1) is 18.6. The van der Waals surface area contributed by atoms with Gasteiger partial charge in [-0.05, 0) is 35.7 Å². The minimum absolute atomic E-state index is 0.115. The molecule has 1 heterocycles. The van der Waals surface area contributed by atoms with Crippen molar-refractivity contribution >= 4 is 17.8 Å². The van der Waals surface area contributed by atoms with Gasteiger partial charge in [0.2, 0.25) is 5.91 Å². The smallest absolute Gasteiger partial charge is 0.339 e. The number of hydrogen-bond acceptors (Lipinski definition) is 5. The van der Waals surface area contributed by atoms with Crippen LogP contribution >= 0.6 is 0 Å². The molecule has 0 radical (unpaired) electrons. The van der Waals surface area contributed by atoms with Crippen LogP contribution in [0.4, 0.5) is 0 Å². The summed E-state index contributed by atoms with van der Waals surface area (Å²) in [4.78, 5) is 35.3. The van der Waals surface area contributed by atoms with Gasteiger partial charge in [-0.3, -0.25) is 4.79 Å². The van der Waals surface area contributed by atoms with Crippen LogP contribution in [-0.4, -0.2) is 31.0 Å². The van der Waals surface area contributed by atoms with Crippen molar-refractivity contribution in [2.45, 2.75) is 25.9 Å². The molecule has 3 rings (SSSR count). The van der Waals surface area contributed by atoms with Crippen molar-refractivity contribution in [3.8, 4) is 0 Å². The highest BCUT2D eigenvalue weighted by Gasteiger charge is 2.28. The van der Waals surface area contributed by atoms with Gasteiger partial charge in [-0.2, -0.15) is 0 Å². The van der Waals surface area contributed by atoms with Crippen molar-refractivity contribution < 1.29 is 23.9 Å². The van der Waals surface area contributed by atoms with Crippen LogP contribution in [0.5, 0.6) is 0 Å². The van der Waals surface area contributed by atoms with E-state index in [9.17, 15) is 14.4 Å². The molecule has 1 aliphatic rings. The highest BCUT2D eigenvalue weighted by atomic mass is 16.5. The predicted molar refractivity (Wildman–Crippen MR) is 98.3 cm³/mol. The fourth-order valence-corrected chi connectivity index (χ4v) is 2.96. The van der Waals surface area contributed by atoms with Crippen molar-refractivity contribution in [1.82, 2.24) is 5.32 Å². The summed E-state index contributed by atoms with van der Waals surface area (Å²) < 4.78 is 10.8. The number of hydrogen-bond donors (Lipinski definition) is 1. The number of carbonyl (C=O) groups excluding carboxylic acids is 3. The summed E-state index contributed by atoms with van der Waals surface area (Å²) in [7, 11) is 0. The van der Waals surface area contributed by atoms with E-state index in [0.29, 0.717) is 30.5 Å². The molecule has 0 fully saturated rings. The van der Waals surface area contributed by atoms with Crippen molar-refractivity contribution in [2.24, 2.45) is 0 Å². The van der Waals surface area contributed by atoms with Gasteiger partial charge in [-0.25, -0.2) is 9.59 Å². The minimum atomic E-state index is -0.448. The summed E-state index contributed by atoms with van der Waals surface area (Å²) in [5.41, 5.74) is 2.56. The second-order valence-corrected chi connectivity index (χ2v) is 6.35. The lowest BCUT2D eigenvalue weighted by Crippen LogP contribution is -2.23. The van der Waals surface area contributed by atoms with Gasteiger partial charge in [0, 0.05) is 19.9 Å². The molecule has 0 saturated carbocycles. The van der Waals surface area contributed by atoms with E-state index in [4.69, 9.17) is 9.47 Å². The summed E-state index contributed by atoms with van der Waals surface area (Å²) in [6, 6.07) is 14.4. The fraction of sp³-hybridized carbons (Fsp3) is 0.286. The Kier molecular flexibility index (Phi) is 5.86. The Labute approximate surface area is 157 Å². The molecule has 1 aliphatic heterocycles. The Hall–Kier alpha value is -3.15. The first-order chi connectivity index (χ1) is 13.0. The number of cyclic esters (lactones) is 1. The second-order valence-electron chi connectivity index (χ2n) is 6.35. The molecule has 2 aromatic rings. The van der Waals surface area contributed by atoms with E-state index < -0.39 is 5.97 Å². The summed E-state index contributed by atoms with van der Waals surface area (Å²) >= 11 is 0.